The van der Waals surface area contributed by atoms with Crippen LogP contribution in [-0.4, -0.2) is 37.6 Å². The van der Waals surface area contributed by atoms with Crippen molar-refractivity contribution in [3.8, 4) is 0 Å². The van der Waals surface area contributed by atoms with Crippen LogP contribution in [0.1, 0.15) is 16.8 Å². The molecule has 2 aromatic carbocycles. The quantitative estimate of drug-likeness (QED) is 0.677. The van der Waals surface area contributed by atoms with Gasteiger partial charge in [0, 0.05) is 22.6 Å². The summed E-state index contributed by atoms with van der Waals surface area (Å²) >= 11 is 15.2. The lowest BCUT2D eigenvalue weighted by molar-refractivity contribution is 0.0793. The fraction of sp³-hybridized carbons (Fsp3) is 0.235. The van der Waals surface area contributed by atoms with Crippen LogP contribution in [0.25, 0.3) is 0 Å². The lowest BCUT2D eigenvalue weighted by Gasteiger charge is -2.18. The lowest BCUT2D eigenvalue weighted by Crippen LogP contribution is -2.32. The Morgan fingerprint density at radius 2 is 1.80 bits per heavy atom. The Balaban J connectivity index is 1.80. The van der Waals surface area contributed by atoms with Crippen LogP contribution in [0, 0.1) is 0 Å². The van der Waals surface area contributed by atoms with Gasteiger partial charge in [-0.15, -0.1) is 0 Å². The molecule has 2 aromatic rings. The summed E-state index contributed by atoms with van der Waals surface area (Å²) in [5.74, 6) is -0.264. The first kappa shape index (κ1) is 18.7. The summed E-state index contributed by atoms with van der Waals surface area (Å²) in [6.45, 7) is 0.520. The highest BCUT2D eigenvalue weighted by Gasteiger charge is 2.36. The van der Waals surface area contributed by atoms with E-state index in [0.717, 1.165) is 4.47 Å². The Bertz CT molecular complexity index is 916. The molecular formula is C17H14BrCl2NO3S. The molecule has 1 heterocycles. The van der Waals surface area contributed by atoms with Gasteiger partial charge in [0.2, 0.25) is 0 Å². The summed E-state index contributed by atoms with van der Waals surface area (Å²) in [5.41, 5.74) is 0.362. The van der Waals surface area contributed by atoms with Crippen molar-refractivity contribution < 1.29 is 13.2 Å². The second-order valence-electron chi connectivity index (χ2n) is 5.78. The van der Waals surface area contributed by atoms with Gasteiger partial charge in [0.05, 0.1) is 20.7 Å². The van der Waals surface area contributed by atoms with Gasteiger partial charge in [-0.3, -0.25) is 4.79 Å². The van der Waals surface area contributed by atoms with E-state index in [1.807, 2.05) is 0 Å². The van der Waals surface area contributed by atoms with Crippen molar-refractivity contribution >= 4 is 54.9 Å². The summed E-state index contributed by atoms with van der Waals surface area (Å²) in [5, 5.41) is 0.187. The van der Waals surface area contributed by atoms with Crippen LogP contribution in [0.4, 0.5) is 0 Å². The van der Waals surface area contributed by atoms with Crippen molar-refractivity contribution in [3.05, 3.63) is 62.5 Å². The van der Waals surface area contributed by atoms with Crippen molar-refractivity contribution in [3.63, 3.8) is 0 Å². The third-order valence-corrected chi connectivity index (χ3v) is 7.44. The number of halogens is 3. The van der Waals surface area contributed by atoms with Gasteiger partial charge in [-0.05, 0) is 48.9 Å². The third-order valence-electron chi connectivity index (χ3n) is 4.17. The molecule has 25 heavy (non-hydrogen) atoms. The van der Waals surface area contributed by atoms with Gasteiger partial charge >= 0.3 is 0 Å². The average molecular weight is 463 g/mol. The van der Waals surface area contributed by atoms with E-state index in [4.69, 9.17) is 23.2 Å². The summed E-state index contributed by atoms with van der Waals surface area (Å²) in [6, 6.07) is 11.1. The van der Waals surface area contributed by atoms with Gasteiger partial charge < -0.3 is 4.90 Å². The Kier molecular flexibility index (Phi) is 5.44. The maximum Gasteiger partial charge on any atom is 0.255 e. The second-order valence-corrected chi connectivity index (χ2v) is 9.77. The van der Waals surface area contributed by atoms with Crippen LogP contribution in [0.2, 0.25) is 10.0 Å². The Morgan fingerprint density at radius 3 is 2.48 bits per heavy atom. The molecule has 8 heteroatoms. The first-order valence-electron chi connectivity index (χ1n) is 7.53. The van der Waals surface area contributed by atoms with E-state index >= 15 is 0 Å². The summed E-state index contributed by atoms with van der Waals surface area (Å²) < 4.78 is 26.3. The highest BCUT2D eigenvalue weighted by molar-refractivity contribution is 9.10. The normalized spacial score (nSPS) is 17.7. The lowest BCUT2D eigenvalue weighted by atomic mass is 10.2. The molecule has 0 saturated carbocycles. The second kappa shape index (κ2) is 7.27. The fourth-order valence-corrected chi connectivity index (χ4v) is 5.19. The minimum Gasteiger partial charge on any atom is -0.337 e. The number of likely N-dealkylation sites (tertiary alicyclic amines) is 1. The first-order chi connectivity index (χ1) is 11.8. The number of nitrogens with zero attached hydrogens (tertiary/aromatic N) is 1. The van der Waals surface area contributed by atoms with Crippen LogP contribution in [0.15, 0.2) is 51.8 Å². The number of hydrogen-bond acceptors (Lipinski definition) is 3. The fourth-order valence-electron chi connectivity index (χ4n) is 2.81. The molecule has 1 unspecified atom stereocenters. The Hall–Kier alpha value is -1.08. The Labute approximate surface area is 164 Å². The average Bonchev–Trinajstić information content (AvgIpc) is 3.08. The summed E-state index contributed by atoms with van der Waals surface area (Å²) in [6.07, 6.45) is 0.391. The van der Waals surface area contributed by atoms with Crippen molar-refractivity contribution in [2.75, 3.05) is 13.1 Å². The molecular weight excluding hydrogens is 449 g/mol. The van der Waals surface area contributed by atoms with Crippen LogP contribution in [0.3, 0.4) is 0 Å². The van der Waals surface area contributed by atoms with Crippen molar-refractivity contribution in [2.24, 2.45) is 0 Å². The number of benzene rings is 2. The number of carbonyl (C=O) groups excluding carboxylic acids is 1. The molecule has 1 aliphatic rings. The summed E-state index contributed by atoms with van der Waals surface area (Å²) in [7, 11) is -3.52. The molecule has 1 saturated heterocycles. The van der Waals surface area contributed by atoms with E-state index in [0.29, 0.717) is 28.6 Å². The molecule has 0 aromatic heterocycles. The maximum absolute atomic E-state index is 12.8. The van der Waals surface area contributed by atoms with E-state index in [1.165, 1.54) is 17.0 Å². The number of sulfone groups is 1. The van der Waals surface area contributed by atoms with E-state index < -0.39 is 15.1 Å². The molecule has 1 amide bonds. The number of amides is 1. The van der Waals surface area contributed by atoms with Crippen LogP contribution in [-0.2, 0) is 9.84 Å². The predicted molar refractivity (Wildman–Crippen MR) is 102 cm³/mol. The predicted octanol–water partition coefficient (Wildman–Crippen LogP) is 4.44. The van der Waals surface area contributed by atoms with E-state index in [9.17, 15) is 13.2 Å². The van der Waals surface area contributed by atoms with Gasteiger partial charge in [-0.25, -0.2) is 8.42 Å². The molecule has 0 bridgehead atoms. The zero-order valence-electron chi connectivity index (χ0n) is 13.0. The van der Waals surface area contributed by atoms with Gasteiger partial charge in [0.1, 0.15) is 0 Å². The van der Waals surface area contributed by atoms with Crippen molar-refractivity contribution in [2.45, 2.75) is 16.6 Å². The highest BCUT2D eigenvalue weighted by Crippen LogP contribution is 2.28. The zero-order chi connectivity index (χ0) is 18.2. The highest BCUT2D eigenvalue weighted by atomic mass is 79.9. The smallest absolute Gasteiger partial charge is 0.255 e. The number of hydrogen-bond donors (Lipinski definition) is 0. The molecule has 132 valence electrons. The molecule has 0 N–H and O–H groups in total. The monoisotopic (exact) mass is 461 g/mol. The van der Waals surface area contributed by atoms with Gasteiger partial charge in [-0.1, -0.05) is 39.1 Å². The first-order valence-corrected chi connectivity index (χ1v) is 10.6. The van der Waals surface area contributed by atoms with E-state index in [2.05, 4.69) is 15.9 Å². The molecule has 4 nitrogen and oxygen atoms in total. The van der Waals surface area contributed by atoms with E-state index in [-0.39, 0.29) is 17.3 Å². The zero-order valence-corrected chi connectivity index (χ0v) is 16.9. The van der Waals surface area contributed by atoms with Gasteiger partial charge in [0.25, 0.3) is 5.91 Å². The molecule has 3 rings (SSSR count). The van der Waals surface area contributed by atoms with Crippen LogP contribution in [0.5, 0.6) is 0 Å². The number of carbonyl (C=O) groups is 1. The molecule has 1 atom stereocenters. The third kappa shape index (κ3) is 3.87. The van der Waals surface area contributed by atoms with Crippen molar-refractivity contribution in [1.82, 2.24) is 4.90 Å². The number of rotatable bonds is 3. The molecule has 0 aliphatic carbocycles. The molecule has 1 fully saturated rings. The molecule has 0 radical (unpaired) electrons. The molecule has 1 aliphatic heterocycles. The Morgan fingerprint density at radius 1 is 1.12 bits per heavy atom. The van der Waals surface area contributed by atoms with Crippen LogP contribution >= 0.6 is 39.1 Å². The SMILES string of the molecule is O=C(c1cc(Br)ccc1Cl)N1CCC(S(=O)(=O)c2ccc(Cl)cc2)C1. The van der Waals surface area contributed by atoms with Crippen LogP contribution < -0.4 is 0 Å². The summed E-state index contributed by atoms with van der Waals surface area (Å²) in [4.78, 5) is 14.4. The maximum atomic E-state index is 12.8. The molecule has 0 spiro atoms. The van der Waals surface area contributed by atoms with Crippen molar-refractivity contribution in [1.29, 1.82) is 0 Å². The van der Waals surface area contributed by atoms with Gasteiger partial charge in [-0.2, -0.15) is 0 Å². The minimum absolute atomic E-state index is 0.145. The van der Waals surface area contributed by atoms with E-state index in [1.54, 1.807) is 30.3 Å². The standard InChI is InChI=1S/C17H14BrCl2NO3S/c18-11-1-6-16(20)15(9-11)17(22)21-8-7-14(10-21)25(23,24)13-4-2-12(19)3-5-13/h1-6,9,14H,7-8,10H2. The van der Waals surface area contributed by atoms with Gasteiger partial charge in [0.15, 0.2) is 9.84 Å². The largest absolute Gasteiger partial charge is 0.337 e. The topological polar surface area (TPSA) is 54.5 Å². The minimum atomic E-state index is -3.52.